The molecule has 0 aliphatic carbocycles. The van der Waals surface area contributed by atoms with Gasteiger partial charge in [-0.15, -0.1) is 0 Å². The van der Waals surface area contributed by atoms with Crippen LogP contribution in [0.3, 0.4) is 0 Å². The third-order valence-electron chi connectivity index (χ3n) is 2.73. The molecule has 0 bridgehead atoms. The Balaban J connectivity index is 2.14. The molecule has 1 heterocycles. The quantitative estimate of drug-likeness (QED) is 0.871. The fourth-order valence-corrected chi connectivity index (χ4v) is 1.72. The molecule has 0 radical (unpaired) electrons. The highest BCUT2D eigenvalue weighted by Crippen LogP contribution is 2.18. The van der Waals surface area contributed by atoms with Gasteiger partial charge in [-0.2, -0.15) is 5.26 Å². The van der Waals surface area contributed by atoms with Crippen molar-refractivity contribution in [3.05, 3.63) is 59.4 Å². The molecule has 0 aliphatic rings. The zero-order chi connectivity index (χ0) is 14.9. The van der Waals surface area contributed by atoms with Crippen LogP contribution in [0.2, 0.25) is 0 Å². The number of pyridine rings is 1. The fourth-order valence-electron chi connectivity index (χ4n) is 1.72. The highest BCUT2D eigenvalue weighted by Gasteiger charge is 2.05. The van der Waals surface area contributed by atoms with Crippen molar-refractivity contribution in [2.24, 2.45) is 0 Å². The molecule has 1 aromatic heterocycles. The lowest BCUT2D eigenvalue weighted by Gasteiger charge is -2.08. The number of nitrogens with zero attached hydrogens (tertiary/aromatic N) is 2. The third-order valence-corrected chi connectivity index (χ3v) is 2.73. The van der Waals surface area contributed by atoms with Gasteiger partial charge in [0.1, 0.15) is 24.1 Å². The average Bonchev–Trinajstić information content (AvgIpc) is 2.54. The number of aromatic nitrogens is 1. The highest BCUT2D eigenvalue weighted by atomic mass is 16.5. The maximum atomic E-state index is 9.00. The van der Waals surface area contributed by atoms with Crippen LogP contribution in [-0.2, 0) is 6.61 Å². The van der Waals surface area contributed by atoms with E-state index in [9.17, 15) is 0 Å². The zero-order valence-electron chi connectivity index (χ0n) is 11.4. The number of para-hydroxylation sites is 1. The second-order valence-corrected chi connectivity index (χ2v) is 4.18. The van der Waals surface area contributed by atoms with Crippen molar-refractivity contribution in [3.63, 3.8) is 0 Å². The van der Waals surface area contributed by atoms with Crippen LogP contribution in [0.5, 0.6) is 5.75 Å². The number of aliphatic hydroxyl groups excluding tert-OH is 1. The van der Waals surface area contributed by atoms with E-state index in [0.29, 0.717) is 17.9 Å². The topological polar surface area (TPSA) is 66.1 Å². The molecule has 0 atom stereocenters. The van der Waals surface area contributed by atoms with Crippen molar-refractivity contribution < 1.29 is 9.84 Å². The van der Waals surface area contributed by atoms with Gasteiger partial charge in [0.2, 0.25) is 0 Å². The summed E-state index contributed by atoms with van der Waals surface area (Å²) < 4.78 is 5.74. The molecular formula is C17H14N2O2. The number of aliphatic hydroxyl groups is 1. The molecule has 0 unspecified atom stereocenters. The fraction of sp³-hybridized carbons (Fsp3) is 0.176. The summed E-state index contributed by atoms with van der Waals surface area (Å²) in [6.45, 7) is 0.298. The van der Waals surface area contributed by atoms with E-state index in [0.717, 1.165) is 11.1 Å². The molecule has 2 aromatic rings. The zero-order valence-corrected chi connectivity index (χ0v) is 11.4. The Bertz CT molecular complexity index is 708. The van der Waals surface area contributed by atoms with E-state index in [-0.39, 0.29) is 13.2 Å². The molecule has 1 aromatic carbocycles. The van der Waals surface area contributed by atoms with E-state index >= 15 is 0 Å². The van der Waals surface area contributed by atoms with Gasteiger partial charge in [-0.1, -0.05) is 30.0 Å². The second-order valence-electron chi connectivity index (χ2n) is 4.18. The van der Waals surface area contributed by atoms with E-state index in [4.69, 9.17) is 15.1 Å². The minimum absolute atomic E-state index is 0.0389. The number of benzene rings is 1. The first-order valence-corrected chi connectivity index (χ1v) is 6.50. The lowest BCUT2D eigenvalue weighted by molar-refractivity contribution is 0.303. The third kappa shape index (κ3) is 4.07. The Morgan fingerprint density at radius 1 is 1.19 bits per heavy atom. The monoisotopic (exact) mass is 278 g/mol. The summed E-state index contributed by atoms with van der Waals surface area (Å²) >= 11 is 0. The van der Waals surface area contributed by atoms with Crippen LogP contribution >= 0.6 is 0 Å². The van der Waals surface area contributed by atoms with Crippen LogP contribution in [0.25, 0.3) is 0 Å². The van der Waals surface area contributed by atoms with Crippen LogP contribution in [0, 0.1) is 23.2 Å². The van der Waals surface area contributed by atoms with Crippen molar-refractivity contribution in [1.29, 1.82) is 5.26 Å². The highest BCUT2D eigenvalue weighted by molar-refractivity contribution is 5.46. The van der Waals surface area contributed by atoms with Crippen molar-refractivity contribution >= 4 is 0 Å². The van der Waals surface area contributed by atoms with Gasteiger partial charge in [-0.3, -0.25) is 0 Å². The minimum atomic E-state index is 0.0389. The van der Waals surface area contributed by atoms with Gasteiger partial charge in [0.05, 0.1) is 12.2 Å². The summed E-state index contributed by atoms with van der Waals surface area (Å²) in [5, 5.41) is 17.8. The Labute approximate surface area is 123 Å². The molecule has 1 N–H and O–H groups in total. The van der Waals surface area contributed by atoms with Gasteiger partial charge in [0, 0.05) is 18.2 Å². The predicted molar refractivity (Wildman–Crippen MR) is 78.3 cm³/mol. The molecule has 0 spiro atoms. The summed E-state index contributed by atoms with van der Waals surface area (Å²) in [5.41, 5.74) is 1.85. The second kappa shape index (κ2) is 7.69. The van der Waals surface area contributed by atoms with Crippen LogP contribution in [-0.4, -0.2) is 16.7 Å². The molecular weight excluding hydrogens is 264 g/mol. The van der Waals surface area contributed by atoms with Crippen LogP contribution in [0.4, 0.5) is 0 Å². The van der Waals surface area contributed by atoms with E-state index in [1.165, 1.54) is 0 Å². The Hall–Kier alpha value is -2.82. The van der Waals surface area contributed by atoms with Crippen molar-refractivity contribution in [3.8, 4) is 23.7 Å². The molecule has 4 nitrogen and oxygen atoms in total. The van der Waals surface area contributed by atoms with Crippen molar-refractivity contribution in [2.75, 3.05) is 6.61 Å². The maximum Gasteiger partial charge on any atom is 0.147 e. The number of nitriles is 1. The Kier molecular flexibility index (Phi) is 5.34. The first kappa shape index (κ1) is 14.6. The van der Waals surface area contributed by atoms with Crippen LogP contribution in [0.15, 0.2) is 42.6 Å². The van der Waals surface area contributed by atoms with Gasteiger partial charge in [-0.05, 0) is 18.2 Å². The average molecular weight is 278 g/mol. The van der Waals surface area contributed by atoms with Crippen LogP contribution in [0.1, 0.15) is 23.2 Å². The normalized spacial score (nSPS) is 9.33. The molecule has 21 heavy (non-hydrogen) atoms. The lowest BCUT2D eigenvalue weighted by Crippen LogP contribution is -2.01. The number of hydrogen-bond acceptors (Lipinski definition) is 4. The summed E-state index contributed by atoms with van der Waals surface area (Å²) in [7, 11) is 0. The SMILES string of the molecule is N#Cc1ncccc1COc1ccccc1C#CCCO. The molecule has 4 heteroatoms. The molecule has 0 fully saturated rings. The molecule has 104 valence electrons. The molecule has 0 saturated carbocycles. The van der Waals surface area contributed by atoms with Crippen molar-refractivity contribution in [1.82, 2.24) is 4.98 Å². The summed E-state index contributed by atoms with van der Waals surface area (Å²) in [6.07, 6.45) is 2.01. The number of hydrogen-bond donors (Lipinski definition) is 1. The molecule has 0 aliphatic heterocycles. The van der Waals surface area contributed by atoms with Gasteiger partial charge in [0.25, 0.3) is 0 Å². The summed E-state index contributed by atoms with van der Waals surface area (Å²) in [6, 6.07) is 13.0. The predicted octanol–water partition coefficient (Wildman–Crippen LogP) is 2.27. The summed E-state index contributed by atoms with van der Waals surface area (Å²) in [4.78, 5) is 4.00. The Morgan fingerprint density at radius 3 is 2.86 bits per heavy atom. The van der Waals surface area contributed by atoms with E-state index in [1.54, 1.807) is 12.3 Å². The van der Waals surface area contributed by atoms with E-state index < -0.39 is 0 Å². The van der Waals surface area contributed by atoms with E-state index in [1.807, 2.05) is 36.4 Å². The van der Waals surface area contributed by atoms with E-state index in [2.05, 4.69) is 16.8 Å². The van der Waals surface area contributed by atoms with Crippen LogP contribution < -0.4 is 4.74 Å². The standard InChI is InChI=1S/C17H14N2O2/c18-12-16-15(8-5-10-19-16)13-21-17-9-2-1-6-14(17)7-3-4-11-20/h1-2,5-6,8-10,20H,4,11,13H2. The maximum absolute atomic E-state index is 9.00. The largest absolute Gasteiger partial charge is 0.487 e. The van der Waals surface area contributed by atoms with Gasteiger partial charge < -0.3 is 9.84 Å². The Morgan fingerprint density at radius 2 is 2.05 bits per heavy atom. The molecule has 0 amide bonds. The number of ether oxygens (including phenoxy) is 1. The van der Waals surface area contributed by atoms with Gasteiger partial charge >= 0.3 is 0 Å². The first-order valence-electron chi connectivity index (χ1n) is 6.50. The van der Waals surface area contributed by atoms with Crippen molar-refractivity contribution in [2.45, 2.75) is 13.0 Å². The minimum Gasteiger partial charge on any atom is -0.487 e. The van der Waals surface area contributed by atoms with Gasteiger partial charge in [0.15, 0.2) is 0 Å². The smallest absolute Gasteiger partial charge is 0.147 e. The molecule has 2 rings (SSSR count). The summed E-state index contributed by atoms with van der Waals surface area (Å²) in [5.74, 6) is 6.48. The van der Waals surface area contributed by atoms with Gasteiger partial charge in [-0.25, -0.2) is 4.98 Å². The molecule has 0 saturated heterocycles. The first-order chi connectivity index (χ1) is 10.3. The lowest BCUT2D eigenvalue weighted by atomic mass is 10.2. The number of rotatable bonds is 4.